The Hall–Kier alpha value is -2.44. The molecule has 0 radical (unpaired) electrons. The zero-order chi connectivity index (χ0) is 24.2. The number of benzene rings is 2. The van der Waals surface area contributed by atoms with Gasteiger partial charge in [-0.05, 0) is 59.0 Å². The maximum absolute atomic E-state index is 13.0. The van der Waals surface area contributed by atoms with E-state index in [9.17, 15) is 8.78 Å². The molecular formula is C24H25F2IN2Si2. The summed E-state index contributed by atoms with van der Waals surface area (Å²) < 4.78 is 26.4. The molecule has 0 heterocycles. The van der Waals surface area contributed by atoms with E-state index in [0.29, 0.717) is 5.56 Å². The number of nitriles is 2. The number of halogens is 3. The molecule has 2 aromatic carbocycles. The minimum atomic E-state index is -1.42. The van der Waals surface area contributed by atoms with Crippen LogP contribution in [0.5, 0.6) is 0 Å². The number of hydrogen-bond acceptors (Lipinski definition) is 2. The van der Waals surface area contributed by atoms with Gasteiger partial charge in [-0.1, -0.05) is 45.2 Å². The first kappa shape index (κ1) is 28.6. The third kappa shape index (κ3) is 13.5. The van der Waals surface area contributed by atoms with Gasteiger partial charge >= 0.3 is 0 Å². The Bertz CT molecular complexity index is 1080. The molecule has 0 aliphatic rings. The van der Waals surface area contributed by atoms with E-state index in [1.165, 1.54) is 24.3 Å². The van der Waals surface area contributed by atoms with E-state index in [1.807, 2.05) is 22.6 Å². The van der Waals surface area contributed by atoms with Crippen LogP contribution >= 0.6 is 22.6 Å². The molecule has 0 N–H and O–H groups in total. The largest absolute Gasteiger partial charge is 0.206 e. The van der Waals surface area contributed by atoms with Crippen molar-refractivity contribution >= 4 is 38.7 Å². The van der Waals surface area contributed by atoms with Gasteiger partial charge in [-0.25, -0.2) is 8.78 Å². The molecule has 0 atom stereocenters. The summed E-state index contributed by atoms with van der Waals surface area (Å²) in [6.45, 7) is 12.8. The Labute approximate surface area is 200 Å². The van der Waals surface area contributed by atoms with Crippen molar-refractivity contribution in [3.8, 4) is 35.6 Å². The average Bonchev–Trinajstić information content (AvgIpc) is 2.69. The van der Waals surface area contributed by atoms with Crippen LogP contribution in [-0.4, -0.2) is 16.1 Å². The van der Waals surface area contributed by atoms with Crippen LogP contribution < -0.4 is 0 Å². The minimum absolute atomic E-state index is 0.0531. The molecule has 2 nitrogen and oxygen atoms in total. The fraction of sp³-hybridized carbons (Fsp3) is 0.250. The van der Waals surface area contributed by atoms with Crippen LogP contribution in [0.3, 0.4) is 0 Å². The Morgan fingerprint density at radius 2 is 1.26 bits per heavy atom. The van der Waals surface area contributed by atoms with Crippen LogP contribution in [-0.2, 0) is 0 Å². The first-order valence-electron chi connectivity index (χ1n) is 9.28. The van der Waals surface area contributed by atoms with Gasteiger partial charge in [0.25, 0.3) is 0 Å². The molecule has 0 aromatic heterocycles. The van der Waals surface area contributed by atoms with Gasteiger partial charge in [0.2, 0.25) is 0 Å². The average molecular weight is 563 g/mol. The first-order valence-corrected chi connectivity index (χ1v) is 17.4. The molecule has 2 rings (SSSR count). The summed E-state index contributed by atoms with van der Waals surface area (Å²) in [5.41, 5.74) is 6.77. The highest BCUT2D eigenvalue weighted by atomic mass is 127. The smallest absolute Gasteiger partial charge is 0.141 e. The van der Waals surface area contributed by atoms with Crippen molar-refractivity contribution in [2.45, 2.75) is 39.3 Å². The van der Waals surface area contributed by atoms with Gasteiger partial charge in [-0.15, -0.1) is 17.5 Å². The Kier molecular flexibility index (Phi) is 12.1. The van der Waals surface area contributed by atoms with Gasteiger partial charge in [0.1, 0.15) is 39.9 Å². The first-order chi connectivity index (χ1) is 14.2. The zero-order valence-electron chi connectivity index (χ0n) is 18.6. The predicted octanol–water partition coefficient (Wildman–Crippen LogP) is 6.73. The molecule has 0 aliphatic carbocycles. The molecule has 0 bridgehead atoms. The highest BCUT2D eigenvalue weighted by Crippen LogP contribution is 2.11. The van der Waals surface area contributed by atoms with E-state index in [1.54, 1.807) is 24.3 Å². The maximum atomic E-state index is 13.0. The van der Waals surface area contributed by atoms with E-state index in [0.717, 1.165) is 3.57 Å². The predicted molar refractivity (Wildman–Crippen MR) is 137 cm³/mol. The van der Waals surface area contributed by atoms with Crippen LogP contribution in [0.15, 0.2) is 36.4 Å². The van der Waals surface area contributed by atoms with Crippen molar-refractivity contribution in [1.29, 1.82) is 10.5 Å². The molecule has 0 fully saturated rings. The maximum Gasteiger partial charge on any atom is 0.141 e. The molecule has 31 heavy (non-hydrogen) atoms. The monoisotopic (exact) mass is 562 g/mol. The fourth-order valence-corrected chi connectivity index (χ4v) is 2.54. The lowest BCUT2D eigenvalue weighted by molar-refractivity contribution is 0.623. The molecule has 0 unspecified atom stereocenters. The van der Waals surface area contributed by atoms with Gasteiger partial charge in [-0.2, -0.15) is 10.5 Å². The summed E-state index contributed by atoms with van der Waals surface area (Å²) in [6, 6.07) is 12.4. The number of hydrogen-bond donors (Lipinski definition) is 0. The molecule has 0 saturated carbocycles. The third-order valence-electron chi connectivity index (χ3n) is 3.15. The molecule has 0 saturated heterocycles. The summed E-state index contributed by atoms with van der Waals surface area (Å²) >= 11 is 2.03. The molecule has 160 valence electrons. The van der Waals surface area contributed by atoms with E-state index in [2.05, 4.69) is 56.3 Å². The molecular weight excluding hydrogens is 537 g/mol. The van der Waals surface area contributed by atoms with Gasteiger partial charge < -0.3 is 0 Å². The van der Waals surface area contributed by atoms with Gasteiger partial charge in [0.15, 0.2) is 0 Å². The number of nitrogens with zero attached hydrogens (tertiary/aromatic N) is 2. The van der Waals surface area contributed by atoms with Crippen molar-refractivity contribution in [3.63, 3.8) is 0 Å². The van der Waals surface area contributed by atoms with E-state index < -0.39 is 27.8 Å². The zero-order valence-corrected chi connectivity index (χ0v) is 22.7. The Morgan fingerprint density at radius 1 is 0.806 bits per heavy atom. The fourth-order valence-electron chi connectivity index (χ4n) is 1.53. The second-order valence-corrected chi connectivity index (χ2v) is 19.2. The summed E-state index contributed by atoms with van der Waals surface area (Å²) in [4.78, 5) is 0. The second-order valence-electron chi connectivity index (χ2n) is 8.44. The summed E-state index contributed by atoms with van der Waals surface area (Å²) in [5.74, 6) is 2.04. The SMILES string of the molecule is C#C[Si](C)(C)C.C[Si](C)(C)C#Cc1ccc(F)c(C#N)c1.N#Cc1cc(I)ccc1F. The van der Waals surface area contributed by atoms with E-state index >= 15 is 0 Å². The number of terminal acetylenes is 1. The topological polar surface area (TPSA) is 47.6 Å². The molecule has 2 aromatic rings. The van der Waals surface area contributed by atoms with Gasteiger partial charge in [0.05, 0.1) is 11.1 Å². The quantitative estimate of drug-likeness (QED) is 0.203. The Morgan fingerprint density at radius 3 is 1.65 bits per heavy atom. The van der Waals surface area contributed by atoms with Gasteiger partial charge in [-0.3, -0.25) is 0 Å². The lowest BCUT2D eigenvalue weighted by Crippen LogP contribution is -2.16. The molecule has 0 spiro atoms. The van der Waals surface area contributed by atoms with Crippen LogP contribution in [0.4, 0.5) is 8.78 Å². The van der Waals surface area contributed by atoms with E-state index in [4.69, 9.17) is 16.9 Å². The minimum Gasteiger partial charge on any atom is -0.206 e. The summed E-state index contributed by atoms with van der Waals surface area (Å²) in [6.07, 6.45) is 5.12. The van der Waals surface area contributed by atoms with Gasteiger partial charge in [0, 0.05) is 9.13 Å². The molecule has 7 heteroatoms. The van der Waals surface area contributed by atoms with Crippen LogP contribution in [0.25, 0.3) is 0 Å². The third-order valence-corrected chi connectivity index (χ3v) is 5.56. The Balaban J connectivity index is 0.000000484. The van der Waals surface area contributed by atoms with Crippen LogP contribution in [0, 0.1) is 61.3 Å². The lowest BCUT2D eigenvalue weighted by Gasteiger charge is -2.03. The standard InChI is InChI=1S/C12H12FNSi.C7H3FIN.C5H10Si/c1-15(2,3)7-6-10-4-5-12(13)11(8-10)9-14;8-7-2-1-6(9)3-5(7)4-10;1-5-6(2,3)4/h4-5,8H,1-3H3;1-3H;1H,2-4H3. The lowest BCUT2D eigenvalue weighted by atomic mass is 10.1. The normalized spacial score (nSPS) is 9.74. The second kappa shape index (κ2) is 13.1. The van der Waals surface area contributed by atoms with Crippen molar-refractivity contribution < 1.29 is 8.78 Å². The molecule has 0 amide bonds. The van der Waals surface area contributed by atoms with Crippen LogP contribution in [0.2, 0.25) is 39.3 Å². The van der Waals surface area contributed by atoms with Crippen LogP contribution in [0.1, 0.15) is 16.7 Å². The summed E-state index contributed by atoms with van der Waals surface area (Å²) in [5, 5.41) is 17.0. The van der Waals surface area contributed by atoms with Crippen molar-refractivity contribution in [1.82, 2.24) is 0 Å². The highest BCUT2D eigenvalue weighted by Gasteiger charge is 2.08. The number of rotatable bonds is 0. The van der Waals surface area contributed by atoms with Crippen molar-refractivity contribution in [2.24, 2.45) is 0 Å². The summed E-state index contributed by atoms with van der Waals surface area (Å²) in [7, 11) is -2.52. The van der Waals surface area contributed by atoms with Crippen molar-refractivity contribution in [2.75, 3.05) is 0 Å². The molecule has 0 aliphatic heterocycles. The highest BCUT2D eigenvalue weighted by molar-refractivity contribution is 14.1. The van der Waals surface area contributed by atoms with Crippen molar-refractivity contribution in [3.05, 3.63) is 68.3 Å². The van der Waals surface area contributed by atoms with E-state index in [-0.39, 0.29) is 11.1 Å².